The summed E-state index contributed by atoms with van der Waals surface area (Å²) in [5.41, 5.74) is 6.69. The second kappa shape index (κ2) is 5.25. The monoisotopic (exact) mass is 264 g/mol. The maximum Gasteiger partial charge on any atom is 0.140 e. The van der Waals surface area contributed by atoms with Crippen molar-refractivity contribution in [3.8, 4) is 5.75 Å². The number of ether oxygens (including phenoxy) is 1. The van der Waals surface area contributed by atoms with Crippen LogP contribution in [0, 0.1) is 6.92 Å². The zero-order chi connectivity index (χ0) is 12.3. The molecule has 3 nitrogen and oxygen atoms in total. The molecule has 17 heavy (non-hydrogen) atoms. The number of thiazole rings is 1. The average Bonchev–Trinajstić information content (AvgIpc) is 2.75. The lowest BCUT2D eigenvalue weighted by atomic mass is 10.2. The fraction of sp³-hybridized carbons (Fsp3) is 0.167. The second-order valence-corrected chi connectivity index (χ2v) is 5.14. The third-order valence-electron chi connectivity index (χ3n) is 2.15. The summed E-state index contributed by atoms with van der Waals surface area (Å²) in [6.07, 6.45) is 1.68. The van der Waals surface area contributed by atoms with Gasteiger partial charge in [0, 0.05) is 6.20 Å². The maximum absolute atomic E-state index is 5.63. The smallest absolute Gasteiger partial charge is 0.140 e. The van der Waals surface area contributed by atoms with Crippen molar-refractivity contribution in [2.75, 3.05) is 0 Å². The van der Waals surface area contributed by atoms with Gasteiger partial charge in [-0.3, -0.25) is 0 Å². The Bertz CT molecular complexity index is 537. The van der Waals surface area contributed by atoms with Gasteiger partial charge in [-0.05, 0) is 24.6 Å². The van der Waals surface area contributed by atoms with Crippen LogP contribution in [0.4, 0.5) is 0 Å². The first-order valence-electron chi connectivity index (χ1n) is 5.09. The summed E-state index contributed by atoms with van der Waals surface area (Å²) < 4.78 is 5.63. The lowest BCUT2D eigenvalue weighted by Crippen LogP contribution is -2.06. The number of nitrogens with two attached hydrogens (primary N) is 1. The zero-order valence-corrected chi connectivity index (χ0v) is 11.0. The first-order chi connectivity index (χ1) is 8.15. The van der Waals surface area contributed by atoms with Crippen molar-refractivity contribution in [3.05, 3.63) is 45.9 Å². The molecule has 0 aliphatic carbocycles. The van der Waals surface area contributed by atoms with E-state index in [1.165, 1.54) is 16.9 Å². The largest absolute Gasteiger partial charge is 0.486 e. The van der Waals surface area contributed by atoms with Crippen molar-refractivity contribution in [2.24, 2.45) is 5.73 Å². The van der Waals surface area contributed by atoms with Crippen LogP contribution in [0.3, 0.4) is 0 Å². The van der Waals surface area contributed by atoms with Crippen molar-refractivity contribution in [1.29, 1.82) is 0 Å². The summed E-state index contributed by atoms with van der Waals surface area (Å²) in [5, 5.41) is 0.870. The molecule has 1 aromatic heterocycles. The van der Waals surface area contributed by atoms with E-state index in [0.717, 1.165) is 15.6 Å². The molecule has 0 fully saturated rings. The number of hydrogen-bond donors (Lipinski definition) is 1. The van der Waals surface area contributed by atoms with Crippen LogP contribution in [0.5, 0.6) is 5.75 Å². The SMILES string of the molecule is Cc1cccc(OCc2ncc(C(N)=S)s2)c1. The molecule has 0 aliphatic rings. The molecule has 0 saturated carbocycles. The number of thiocarbonyl (C=S) groups is 1. The van der Waals surface area contributed by atoms with E-state index in [2.05, 4.69) is 4.98 Å². The van der Waals surface area contributed by atoms with Gasteiger partial charge in [-0.25, -0.2) is 4.98 Å². The highest BCUT2D eigenvalue weighted by atomic mass is 32.1. The highest BCUT2D eigenvalue weighted by Gasteiger charge is 2.04. The molecule has 0 aliphatic heterocycles. The molecule has 0 radical (unpaired) electrons. The van der Waals surface area contributed by atoms with Crippen LogP contribution >= 0.6 is 23.6 Å². The standard InChI is InChI=1S/C12H12N2OS2/c1-8-3-2-4-9(5-8)15-7-11-14-6-10(17-11)12(13)16/h2-6H,7H2,1H3,(H2,13,16). The third-order valence-corrected chi connectivity index (χ3v) is 3.50. The first-order valence-corrected chi connectivity index (χ1v) is 6.31. The van der Waals surface area contributed by atoms with Gasteiger partial charge in [0.1, 0.15) is 22.4 Å². The van der Waals surface area contributed by atoms with Gasteiger partial charge < -0.3 is 10.5 Å². The summed E-state index contributed by atoms with van der Waals surface area (Å²) in [6, 6.07) is 7.91. The fourth-order valence-corrected chi connectivity index (χ4v) is 2.20. The second-order valence-electron chi connectivity index (χ2n) is 3.59. The van der Waals surface area contributed by atoms with E-state index in [-0.39, 0.29) is 0 Å². The summed E-state index contributed by atoms with van der Waals surface area (Å²) in [5.74, 6) is 0.845. The Hall–Kier alpha value is -1.46. The Labute approximate surface area is 109 Å². The van der Waals surface area contributed by atoms with Crippen molar-refractivity contribution < 1.29 is 4.74 Å². The number of benzene rings is 1. The molecule has 1 heterocycles. The average molecular weight is 264 g/mol. The van der Waals surface area contributed by atoms with Gasteiger partial charge in [-0.2, -0.15) is 0 Å². The zero-order valence-electron chi connectivity index (χ0n) is 9.34. The van der Waals surface area contributed by atoms with Gasteiger partial charge in [0.15, 0.2) is 0 Å². The Kier molecular flexibility index (Phi) is 3.71. The molecule has 2 aromatic rings. The van der Waals surface area contributed by atoms with E-state index in [1.807, 2.05) is 31.2 Å². The molecule has 88 valence electrons. The van der Waals surface area contributed by atoms with E-state index in [9.17, 15) is 0 Å². The van der Waals surface area contributed by atoms with E-state index in [0.29, 0.717) is 11.6 Å². The van der Waals surface area contributed by atoms with Crippen LogP contribution < -0.4 is 10.5 Å². The van der Waals surface area contributed by atoms with Crippen LogP contribution in [0.25, 0.3) is 0 Å². The molecule has 2 rings (SSSR count). The van der Waals surface area contributed by atoms with Crippen LogP contribution in [-0.4, -0.2) is 9.97 Å². The quantitative estimate of drug-likeness (QED) is 0.863. The minimum atomic E-state index is 0.379. The summed E-state index contributed by atoms with van der Waals surface area (Å²) in [6.45, 7) is 2.47. The van der Waals surface area contributed by atoms with Crippen molar-refractivity contribution in [1.82, 2.24) is 4.98 Å². The molecule has 0 unspecified atom stereocenters. The molecule has 1 aromatic carbocycles. The van der Waals surface area contributed by atoms with E-state index in [4.69, 9.17) is 22.7 Å². The number of nitrogens with zero attached hydrogens (tertiary/aromatic N) is 1. The van der Waals surface area contributed by atoms with Crippen molar-refractivity contribution in [2.45, 2.75) is 13.5 Å². The Balaban J connectivity index is 2.00. The van der Waals surface area contributed by atoms with Gasteiger partial charge in [0.2, 0.25) is 0 Å². The molecule has 0 bridgehead atoms. The molecule has 0 saturated heterocycles. The molecule has 5 heteroatoms. The Morgan fingerprint density at radius 3 is 3.00 bits per heavy atom. The van der Waals surface area contributed by atoms with E-state index < -0.39 is 0 Å². The molecule has 2 N–H and O–H groups in total. The lowest BCUT2D eigenvalue weighted by molar-refractivity contribution is 0.305. The number of hydrogen-bond acceptors (Lipinski definition) is 4. The lowest BCUT2D eigenvalue weighted by Gasteiger charge is -2.04. The van der Waals surface area contributed by atoms with Gasteiger partial charge >= 0.3 is 0 Å². The number of aryl methyl sites for hydroxylation is 1. The Morgan fingerprint density at radius 2 is 2.35 bits per heavy atom. The van der Waals surface area contributed by atoms with E-state index in [1.54, 1.807) is 6.20 Å². The summed E-state index contributed by atoms with van der Waals surface area (Å²) >= 11 is 6.34. The molecule has 0 atom stereocenters. The van der Waals surface area contributed by atoms with Crippen LogP contribution in [0.1, 0.15) is 15.4 Å². The number of aromatic nitrogens is 1. The summed E-state index contributed by atoms with van der Waals surface area (Å²) in [4.78, 5) is 5.40. The third kappa shape index (κ3) is 3.25. The van der Waals surface area contributed by atoms with Crippen LogP contribution in [0.15, 0.2) is 30.5 Å². The topological polar surface area (TPSA) is 48.1 Å². The minimum absolute atomic E-state index is 0.379. The molecule has 0 spiro atoms. The van der Waals surface area contributed by atoms with Gasteiger partial charge in [-0.15, -0.1) is 11.3 Å². The first kappa shape index (κ1) is 12.0. The van der Waals surface area contributed by atoms with Crippen LogP contribution in [0.2, 0.25) is 0 Å². The highest BCUT2D eigenvalue weighted by molar-refractivity contribution is 7.81. The molecular weight excluding hydrogens is 252 g/mol. The van der Waals surface area contributed by atoms with Gasteiger partial charge in [0.05, 0.1) is 4.88 Å². The predicted octanol–water partition coefficient (Wildman–Crippen LogP) is 2.66. The van der Waals surface area contributed by atoms with Gasteiger partial charge in [-0.1, -0.05) is 24.4 Å². The van der Waals surface area contributed by atoms with Gasteiger partial charge in [0.25, 0.3) is 0 Å². The van der Waals surface area contributed by atoms with Crippen LogP contribution in [-0.2, 0) is 6.61 Å². The number of rotatable bonds is 4. The van der Waals surface area contributed by atoms with E-state index >= 15 is 0 Å². The Morgan fingerprint density at radius 1 is 1.53 bits per heavy atom. The summed E-state index contributed by atoms with van der Waals surface area (Å²) in [7, 11) is 0. The molecular formula is C12H12N2OS2. The maximum atomic E-state index is 5.63. The predicted molar refractivity (Wildman–Crippen MR) is 73.5 cm³/mol. The highest BCUT2D eigenvalue weighted by Crippen LogP contribution is 2.17. The molecule has 0 amide bonds. The minimum Gasteiger partial charge on any atom is -0.486 e. The van der Waals surface area contributed by atoms with Crippen molar-refractivity contribution >= 4 is 28.5 Å². The fourth-order valence-electron chi connectivity index (χ4n) is 1.34. The normalized spacial score (nSPS) is 10.2. The van der Waals surface area contributed by atoms with Crippen molar-refractivity contribution in [3.63, 3.8) is 0 Å².